The smallest absolute Gasteiger partial charge is 0.224 e. The third-order valence-corrected chi connectivity index (χ3v) is 3.63. The summed E-state index contributed by atoms with van der Waals surface area (Å²) in [7, 11) is 0. The molecule has 2 rings (SSSR count). The Morgan fingerprint density at radius 2 is 2.47 bits per heavy atom. The Kier molecular flexibility index (Phi) is 3.22. The molecule has 1 amide bonds. The van der Waals surface area contributed by atoms with E-state index in [4.69, 9.17) is 15.9 Å². The van der Waals surface area contributed by atoms with Gasteiger partial charge in [-0.05, 0) is 25.5 Å². The van der Waals surface area contributed by atoms with Gasteiger partial charge < -0.3 is 15.9 Å². The third kappa shape index (κ3) is 2.21. The highest BCUT2D eigenvalue weighted by atomic mass is 16.3. The quantitative estimate of drug-likeness (QED) is 0.797. The highest BCUT2D eigenvalue weighted by Gasteiger charge is 2.41. The first-order valence-electron chi connectivity index (χ1n) is 5.84. The molecule has 5 heteroatoms. The van der Waals surface area contributed by atoms with Crippen LogP contribution in [0.4, 0.5) is 0 Å². The number of carbonyl (C=O) groups is 1. The molecule has 1 fully saturated rings. The van der Waals surface area contributed by atoms with Crippen LogP contribution in [0.15, 0.2) is 22.8 Å². The van der Waals surface area contributed by atoms with Crippen LogP contribution < -0.4 is 11.5 Å². The van der Waals surface area contributed by atoms with Crippen molar-refractivity contribution in [3.05, 3.63) is 24.2 Å². The van der Waals surface area contributed by atoms with Crippen LogP contribution in [0.1, 0.15) is 25.1 Å². The number of carbonyl (C=O) groups excluding carboxylic acids is 1. The van der Waals surface area contributed by atoms with E-state index in [1.165, 1.54) is 0 Å². The van der Waals surface area contributed by atoms with Gasteiger partial charge in [0.25, 0.3) is 0 Å². The first-order chi connectivity index (χ1) is 8.07. The van der Waals surface area contributed by atoms with Crippen LogP contribution in [-0.4, -0.2) is 30.4 Å². The molecule has 2 atom stereocenters. The lowest BCUT2D eigenvalue weighted by Crippen LogP contribution is -2.39. The normalized spacial score (nSPS) is 27.2. The van der Waals surface area contributed by atoms with E-state index in [1.54, 1.807) is 6.26 Å². The molecule has 5 nitrogen and oxygen atoms in total. The van der Waals surface area contributed by atoms with Crippen LogP contribution >= 0.6 is 0 Å². The first-order valence-corrected chi connectivity index (χ1v) is 5.84. The topological polar surface area (TPSA) is 85.5 Å². The second-order valence-corrected chi connectivity index (χ2v) is 4.91. The molecule has 4 N–H and O–H groups in total. The molecule has 17 heavy (non-hydrogen) atoms. The summed E-state index contributed by atoms with van der Waals surface area (Å²) in [5.41, 5.74) is 10.8. The minimum atomic E-state index is -0.444. The molecule has 0 spiro atoms. The highest BCUT2D eigenvalue weighted by Crippen LogP contribution is 2.34. The molecule has 1 aliphatic heterocycles. The third-order valence-electron chi connectivity index (χ3n) is 3.63. The maximum atomic E-state index is 11.4. The van der Waals surface area contributed by atoms with E-state index in [0.29, 0.717) is 13.1 Å². The van der Waals surface area contributed by atoms with E-state index in [0.717, 1.165) is 18.7 Å². The van der Waals surface area contributed by atoms with Gasteiger partial charge in [-0.2, -0.15) is 0 Å². The summed E-state index contributed by atoms with van der Waals surface area (Å²) >= 11 is 0. The SMILES string of the molecule is CC1(C(N)=O)CCN(C(CN)c2ccco2)C1. The zero-order valence-corrected chi connectivity index (χ0v) is 10.1. The van der Waals surface area contributed by atoms with Crippen molar-refractivity contribution >= 4 is 5.91 Å². The average molecular weight is 237 g/mol. The van der Waals surface area contributed by atoms with Crippen LogP contribution in [0.5, 0.6) is 0 Å². The number of nitrogens with two attached hydrogens (primary N) is 2. The number of furan rings is 1. The van der Waals surface area contributed by atoms with Gasteiger partial charge in [0.05, 0.1) is 17.7 Å². The van der Waals surface area contributed by atoms with Crippen molar-refractivity contribution in [2.24, 2.45) is 16.9 Å². The molecule has 2 unspecified atom stereocenters. The Balaban J connectivity index is 2.12. The maximum Gasteiger partial charge on any atom is 0.224 e. The molecule has 2 heterocycles. The largest absolute Gasteiger partial charge is 0.468 e. The lowest BCUT2D eigenvalue weighted by molar-refractivity contribution is -0.126. The molecule has 0 saturated carbocycles. The summed E-state index contributed by atoms with van der Waals surface area (Å²) in [5, 5.41) is 0. The number of hydrogen-bond acceptors (Lipinski definition) is 4. The van der Waals surface area contributed by atoms with Crippen molar-refractivity contribution in [1.29, 1.82) is 0 Å². The predicted octanol–water partition coefficient (Wildman–Crippen LogP) is 0.477. The number of primary amides is 1. The molecule has 0 aliphatic carbocycles. The van der Waals surface area contributed by atoms with Crippen molar-refractivity contribution in [2.75, 3.05) is 19.6 Å². The Morgan fingerprint density at radius 3 is 2.94 bits per heavy atom. The summed E-state index contributed by atoms with van der Waals surface area (Å²) in [6, 6.07) is 3.80. The minimum Gasteiger partial charge on any atom is -0.468 e. The van der Waals surface area contributed by atoms with E-state index in [2.05, 4.69) is 4.90 Å². The lowest BCUT2D eigenvalue weighted by Gasteiger charge is -2.26. The summed E-state index contributed by atoms with van der Waals surface area (Å²) < 4.78 is 5.39. The standard InChI is InChI=1S/C12H19N3O2/c1-12(11(14)16)4-5-15(8-12)9(7-13)10-3-2-6-17-10/h2-3,6,9H,4-5,7-8,13H2,1H3,(H2,14,16). The van der Waals surface area contributed by atoms with Gasteiger partial charge in [0.1, 0.15) is 5.76 Å². The molecule has 1 aromatic rings. The molecule has 0 aromatic carbocycles. The Labute approximate surface area is 101 Å². The van der Waals surface area contributed by atoms with Crippen molar-refractivity contribution in [1.82, 2.24) is 4.90 Å². The zero-order chi connectivity index (χ0) is 12.5. The summed E-state index contributed by atoms with van der Waals surface area (Å²) in [5.74, 6) is 0.608. The number of hydrogen-bond donors (Lipinski definition) is 2. The fraction of sp³-hybridized carbons (Fsp3) is 0.583. The Hall–Kier alpha value is -1.33. The number of likely N-dealkylation sites (tertiary alicyclic amines) is 1. The van der Waals surface area contributed by atoms with Gasteiger partial charge in [0.15, 0.2) is 0 Å². The van der Waals surface area contributed by atoms with E-state index >= 15 is 0 Å². The predicted molar refractivity (Wildman–Crippen MR) is 64.0 cm³/mol. The van der Waals surface area contributed by atoms with E-state index in [-0.39, 0.29) is 11.9 Å². The lowest BCUT2D eigenvalue weighted by atomic mass is 9.89. The van der Waals surface area contributed by atoms with Crippen molar-refractivity contribution in [3.63, 3.8) is 0 Å². The second-order valence-electron chi connectivity index (χ2n) is 4.91. The average Bonchev–Trinajstić information content (AvgIpc) is 2.91. The van der Waals surface area contributed by atoms with E-state index in [9.17, 15) is 4.79 Å². The molecular formula is C12H19N3O2. The fourth-order valence-corrected chi connectivity index (χ4v) is 2.39. The monoisotopic (exact) mass is 237 g/mol. The minimum absolute atomic E-state index is 0.0335. The number of amides is 1. The van der Waals surface area contributed by atoms with Crippen LogP contribution in [-0.2, 0) is 4.79 Å². The fourth-order valence-electron chi connectivity index (χ4n) is 2.39. The van der Waals surface area contributed by atoms with E-state index < -0.39 is 5.41 Å². The molecule has 1 aliphatic rings. The Bertz CT molecular complexity index is 390. The summed E-state index contributed by atoms with van der Waals surface area (Å²) in [4.78, 5) is 13.6. The second kappa shape index (κ2) is 4.50. The van der Waals surface area contributed by atoms with Crippen LogP contribution in [0.25, 0.3) is 0 Å². The van der Waals surface area contributed by atoms with Crippen LogP contribution in [0, 0.1) is 5.41 Å². The highest BCUT2D eigenvalue weighted by molar-refractivity contribution is 5.81. The molecule has 1 saturated heterocycles. The number of nitrogens with zero attached hydrogens (tertiary/aromatic N) is 1. The van der Waals surface area contributed by atoms with Crippen LogP contribution in [0.3, 0.4) is 0 Å². The van der Waals surface area contributed by atoms with Gasteiger partial charge in [-0.25, -0.2) is 0 Å². The Morgan fingerprint density at radius 1 is 1.71 bits per heavy atom. The zero-order valence-electron chi connectivity index (χ0n) is 10.1. The molecule has 0 radical (unpaired) electrons. The van der Waals surface area contributed by atoms with Gasteiger partial charge in [-0.15, -0.1) is 0 Å². The first kappa shape index (κ1) is 12.1. The summed E-state index contributed by atoms with van der Waals surface area (Å²) in [6.45, 7) is 3.85. The summed E-state index contributed by atoms with van der Waals surface area (Å²) in [6.07, 6.45) is 2.42. The van der Waals surface area contributed by atoms with Gasteiger partial charge in [0.2, 0.25) is 5.91 Å². The van der Waals surface area contributed by atoms with Crippen molar-refractivity contribution < 1.29 is 9.21 Å². The molecular weight excluding hydrogens is 218 g/mol. The molecule has 0 bridgehead atoms. The maximum absolute atomic E-state index is 11.4. The van der Waals surface area contributed by atoms with Gasteiger partial charge in [-0.3, -0.25) is 9.69 Å². The molecule has 94 valence electrons. The molecule has 1 aromatic heterocycles. The van der Waals surface area contributed by atoms with Crippen molar-refractivity contribution in [3.8, 4) is 0 Å². The van der Waals surface area contributed by atoms with Gasteiger partial charge >= 0.3 is 0 Å². The van der Waals surface area contributed by atoms with Gasteiger partial charge in [0, 0.05) is 19.6 Å². The number of rotatable bonds is 4. The van der Waals surface area contributed by atoms with Crippen LogP contribution in [0.2, 0.25) is 0 Å². The van der Waals surface area contributed by atoms with Gasteiger partial charge in [-0.1, -0.05) is 0 Å². The van der Waals surface area contributed by atoms with Crippen molar-refractivity contribution in [2.45, 2.75) is 19.4 Å². The van der Waals surface area contributed by atoms with E-state index in [1.807, 2.05) is 19.1 Å².